The number of carboxylic acid groups (broad SMARTS) is 1. The van der Waals surface area contributed by atoms with Gasteiger partial charge in [-0.05, 0) is 24.0 Å². The van der Waals surface area contributed by atoms with Gasteiger partial charge in [-0.3, -0.25) is 9.59 Å². The molecule has 0 radical (unpaired) electrons. The minimum atomic E-state index is -1.08. The van der Waals surface area contributed by atoms with E-state index >= 15 is 0 Å². The van der Waals surface area contributed by atoms with Crippen LogP contribution in [0.4, 0.5) is 0 Å². The normalized spacial score (nSPS) is 10.1. The minimum absolute atomic E-state index is 0.306. The van der Waals surface area contributed by atoms with Crippen LogP contribution in [0.15, 0.2) is 18.2 Å². The molecule has 0 fully saturated rings. The Morgan fingerprint density at radius 1 is 1.19 bits per heavy atom. The highest BCUT2D eigenvalue weighted by Crippen LogP contribution is 2.18. The number of carboxylic acids is 1. The van der Waals surface area contributed by atoms with Gasteiger partial charge in [0.05, 0.1) is 0 Å². The van der Waals surface area contributed by atoms with Crippen molar-refractivity contribution in [1.82, 2.24) is 0 Å². The van der Waals surface area contributed by atoms with E-state index in [-0.39, 0.29) is 5.78 Å². The molecule has 1 N–H and O–H groups in total. The highest BCUT2D eigenvalue weighted by molar-refractivity contribution is 6.06. The third kappa shape index (κ3) is 2.69. The summed E-state index contributed by atoms with van der Waals surface area (Å²) in [7, 11) is 0. The summed E-state index contributed by atoms with van der Waals surface area (Å²) in [5.74, 6) is -1.38. The van der Waals surface area contributed by atoms with Crippen LogP contribution >= 0.6 is 0 Å². The maximum absolute atomic E-state index is 11.7. The molecule has 16 heavy (non-hydrogen) atoms. The third-order valence-corrected chi connectivity index (χ3v) is 2.62. The molecule has 1 rings (SSSR count). The smallest absolute Gasteiger partial charge is 0.311 e. The average Bonchev–Trinajstić information content (AvgIpc) is 2.26. The number of hydrogen-bond donors (Lipinski definition) is 1. The van der Waals surface area contributed by atoms with Crippen LogP contribution in [-0.4, -0.2) is 16.9 Å². The molecular weight excluding hydrogens is 204 g/mol. The summed E-state index contributed by atoms with van der Waals surface area (Å²) in [6.07, 6.45) is 1.18. The van der Waals surface area contributed by atoms with Gasteiger partial charge in [0, 0.05) is 5.56 Å². The fourth-order valence-electron chi connectivity index (χ4n) is 1.88. The number of carbonyl (C=O) groups is 2. The number of carbonyl (C=O) groups excluding carboxylic acids is 1. The third-order valence-electron chi connectivity index (χ3n) is 2.62. The van der Waals surface area contributed by atoms with Crippen LogP contribution in [0.25, 0.3) is 0 Å². The first-order valence-electron chi connectivity index (χ1n) is 5.45. The average molecular weight is 220 g/mol. The predicted molar refractivity (Wildman–Crippen MR) is 61.8 cm³/mol. The monoisotopic (exact) mass is 220 g/mol. The molecule has 0 saturated carbocycles. The second kappa shape index (κ2) is 5.45. The molecule has 0 aliphatic heterocycles. The summed E-state index contributed by atoms with van der Waals surface area (Å²) in [6.45, 7) is 4.01. The van der Waals surface area contributed by atoms with Crippen LogP contribution < -0.4 is 0 Å². The second-order valence-electron chi connectivity index (χ2n) is 3.64. The van der Waals surface area contributed by atoms with Gasteiger partial charge < -0.3 is 5.11 Å². The largest absolute Gasteiger partial charge is 0.481 e. The van der Waals surface area contributed by atoms with Crippen molar-refractivity contribution in [3.63, 3.8) is 0 Å². The second-order valence-corrected chi connectivity index (χ2v) is 3.64. The van der Waals surface area contributed by atoms with E-state index < -0.39 is 12.4 Å². The maximum atomic E-state index is 11.7. The Morgan fingerprint density at radius 2 is 1.88 bits per heavy atom. The van der Waals surface area contributed by atoms with Crippen LogP contribution in [0.1, 0.15) is 41.8 Å². The Balaban J connectivity index is 3.12. The van der Waals surface area contributed by atoms with Crippen LogP contribution in [0, 0.1) is 0 Å². The minimum Gasteiger partial charge on any atom is -0.481 e. The molecular formula is C13H16O3. The molecule has 1 aromatic carbocycles. The maximum Gasteiger partial charge on any atom is 0.311 e. The van der Waals surface area contributed by atoms with E-state index in [2.05, 4.69) is 0 Å². The molecule has 0 aliphatic carbocycles. The van der Waals surface area contributed by atoms with Gasteiger partial charge in [0.1, 0.15) is 6.42 Å². The van der Waals surface area contributed by atoms with E-state index in [1.165, 1.54) is 0 Å². The number of aryl methyl sites for hydroxylation is 1. The standard InChI is InChI=1S/C13H16O3/c1-3-9-6-5-7-11(10(9)4-2)12(14)8-13(15)16/h5-7H,3-4,8H2,1-2H3,(H,15,16). The molecule has 0 atom stereocenters. The molecule has 0 heterocycles. The molecule has 0 bridgehead atoms. The molecule has 0 unspecified atom stereocenters. The fraction of sp³-hybridized carbons (Fsp3) is 0.385. The quantitative estimate of drug-likeness (QED) is 0.612. The Bertz CT molecular complexity index is 408. The first-order chi connectivity index (χ1) is 7.60. The molecule has 3 heteroatoms. The van der Waals surface area contributed by atoms with Crippen LogP contribution in [-0.2, 0) is 17.6 Å². The van der Waals surface area contributed by atoms with Crippen molar-refractivity contribution < 1.29 is 14.7 Å². The summed E-state index contributed by atoms with van der Waals surface area (Å²) in [6, 6.07) is 5.51. The summed E-state index contributed by atoms with van der Waals surface area (Å²) in [5, 5.41) is 8.61. The molecule has 3 nitrogen and oxygen atoms in total. The van der Waals surface area contributed by atoms with Crippen molar-refractivity contribution in [2.75, 3.05) is 0 Å². The first-order valence-corrected chi connectivity index (χ1v) is 5.45. The van der Waals surface area contributed by atoms with Gasteiger partial charge in [0.25, 0.3) is 0 Å². The lowest BCUT2D eigenvalue weighted by Gasteiger charge is -2.10. The molecule has 86 valence electrons. The van der Waals surface area contributed by atoms with E-state index in [4.69, 9.17) is 5.11 Å². The number of hydrogen-bond acceptors (Lipinski definition) is 2. The van der Waals surface area contributed by atoms with Crippen molar-refractivity contribution in [2.24, 2.45) is 0 Å². The van der Waals surface area contributed by atoms with Crippen molar-refractivity contribution in [1.29, 1.82) is 0 Å². The Hall–Kier alpha value is -1.64. The van der Waals surface area contributed by atoms with Gasteiger partial charge >= 0.3 is 5.97 Å². The van der Waals surface area contributed by atoms with Gasteiger partial charge in [-0.2, -0.15) is 0 Å². The first kappa shape index (κ1) is 12.4. The van der Waals surface area contributed by atoms with Crippen molar-refractivity contribution in [3.05, 3.63) is 34.9 Å². The Labute approximate surface area is 95.1 Å². The van der Waals surface area contributed by atoms with Crippen LogP contribution in [0.3, 0.4) is 0 Å². The molecule has 0 spiro atoms. The summed E-state index contributed by atoms with van der Waals surface area (Å²) in [5.41, 5.74) is 2.67. The lowest BCUT2D eigenvalue weighted by Crippen LogP contribution is -2.10. The number of benzene rings is 1. The SMILES string of the molecule is CCc1cccc(C(=O)CC(=O)O)c1CC. The molecule has 0 aromatic heterocycles. The van der Waals surface area contributed by atoms with Gasteiger partial charge in [-0.15, -0.1) is 0 Å². The highest BCUT2D eigenvalue weighted by Gasteiger charge is 2.15. The molecule has 0 aliphatic rings. The molecule has 1 aromatic rings. The van der Waals surface area contributed by atoms with Gasteiger partial charge in [0.15, 0.2) is 5.78 Å². The Kier molecular flexibility index (Phi) is 4.23. The zero-order valence-electron chi connectivity index (χ0n) is 9.62. The lowest BCUT2D eigenvalue weighted by molar-refractivity contribution is -0.135. The fourth-order valence-corrected chi connectivity index (χ4v) is 1.88. The highest BCUT2D eigenvalue weighted by atomic mass is 16.4. The topological polar surface area (TPSA) is 54.4 Å². The number of rotatable bonds is 5. The van der Waals surface area contributed by atoms with Crippen LogP contribution in [0.2, 0.25) is 0 Å². The zero-order chi connectivity index (χ0) is 12.1. The molecule has 0 amide bonds. The Morgan fingerprint density at radius 3 is 2.38 bits per heavy atom. The molecule has 0 saturated heterocycles. The van der Waals surface area contributed by atoms with E-state index in [0.29, 0.717) is 5.56 Å². The number of aliphatic carboxylic acids is 1. The van der Waals surface area contributed by atoms with Gasteiger partial charge in [0.2, 0.25) is 0 Å². The van der Waals surface area contributed by atoms with Gasteiger partial charge in [-0.25, -0.2) is 0 Å². The van der Waals surface area contributed by atoms with Crippen molar-refractivity contribution in [3.8, 4) is 0 Å². The summed E-state index contributed by atoms with van der Waals surface area (Å²) < 4.78 is 0. The lowest BCUT2D eigenvalue weighted by atomic mass is 9.94. The van der Waals surface area contributed by atoms with E-state index in [9.17, 15) is 9.59 Å². The summed E-state index contributed by atoms with van der Waals surface area (Å²) >= 11 is 0. The van der Waals surface area contributed by atoms with E-state index in [0.717, 1.165) is 24.0 Å². The predicted octanol–water partition coefficient (Wildman–Crippen LogP) is 2.47. The zero-order valence-corrected chi connectivity index (χ0v) is 9.62. The van der Waals surface area contributed by atoms with Gasteiger partial charge in [-0.1, -0.05) is 32.0 Å². The van der Waals surface area contributed by atoms with E-state index in [1.807, 2.05) is 26.0 Å². The van der Waals surface area contributed by atoms with E-state index in [1.54, 1.807) is 6.07 Å². The van der Waals surface area contributed by atoms with Crippen molar-refractivity contribution in [2.45, 2.75) is 33.1 Å². The number of ketones is 1. The number of Topliss-reactive ketones (excluding diaryl/α,β-unsaturated/α-hetero) is 1. The van der Waals surface area contributed by atoms with Crippen LogP contribution in [0.5, 0.6) is 0 Å². The van der Waals surface area contributed by atoms with Crippen molar-refractivity contribution >= 4 is 11.8 Å². The summed E-state index contributed by atoms with van der Waals surface area (Å²) in [4.78, 5) is 22.2.